The van der Waals surface area contributed by atoms with E-state index in [4.69, 9.17) is 9.47 Å². The average molecular weight is 629 g/mol. The van der Waals surface area contributed by atoms with Crippen LogP contribution in [0.4, 0.5) is 4.79 Å². The van der Waals surface area contributed by atoms with Crippen molar-refractivity contribution in [2.75, 3.05) is 6.54 Å². The summed E-state index contributed by atoms with van der Waals surface area (Å²) in [5, 5.41) is 11.9. The summed E-state index contributed by atoms with van der Waals surface area (Å²) in [6, 6.07) is 37.9. The van der Waals surface area contributed by atoms with Gasteiger partial charge in [-0.05, 0) is 62.1 Å². The van der Waals surface area contributed by atoms with Gasteiger partial charge in [0, 0.05) is 10.4 Å². The molecule has 0 bridgehead atoms. The van der Waals surface area contributed by atoms with Crippen molar-refractivity contribution in [1.29, 1.82) is 0 Å². The summed E-state index contributed by atoms with van der Waals surface area (Å²) in [5.41, 5.74) is 2.09. The maximum Gasteiger partial charge on any atom is 0.410 e. The largest absolute Gasteiger partial charge is 0.444 e. The number of hydrogen-bond donors (Lipinski definition) is 1. The molecule has 1 fully saturated rings. The van der Waals surface area contributed by atoms with Gasteiger partial charge < -0.3 is 19.5 Å². The van der Waals surface area contributed by atoms with Crippen molar-refractivity contribution in [3.63, 3.8) is 0 Å². The molecule has 42 heavy (non-hydrogen) atoms. The Hall–Kier alpha value is -3.45. The maximum atomic E-state index is 13.5. The van der Waals surface area contributed by atoms with Crippen LogP contribution in [0.15, 0.2) is 120 Å². The molecule has 1 amide bonds. The summed E-state index contributed by atoms with van der Waals surface area (Å²) >= 11 is 3.55. The number of benzene rings is 4. The highest BCUT2D eigenvalue weighted by atomic mass is 79.9. The van der Waals surface area contributed by atoms with Gasteiger partial charge in [0.2, 0.25) is 0 Å². The van der Waals surface area contributed by atoms with E-state index in [-0.39, 0.29) is 6.54 Å². The SMILES string of the molecule is CC1C(O)C(c2ccc(Br)cc2)C(OC(c2ccccc2)(c2ccccc2)c2ccccc2)CN1C(=O)OC(C)(C)C. The van der Waals surface area contributed by atoms with Crippen molar-refractivity contribution in [3.05, 3.63) is 142 Å². The molecule has 4 aromatic rings. The van der Waals surface area contributed by atoms with E-state index in [9.17, 15) is 9.90 Å². The van der Waals surface area contributed by atoms with Gasteiger partial charge in [-0.15, -0.1) is 0 Å². The van der Waals surface area contributed by atoms with Crippen molar-refractivity contribution < 1.29 is 19.4 Å². The summed E-state index contributed by atoms with van der Waals surface area (Å²) in [6.07, 6.45) is -1.97. The van der Waals surface area contributed by atoms with E-state index >= 15 is 0 Å². The third-order valence-corrected chi connectivity index (χ3v) is 8.41. The molecule has 1 aliphatic rings. The number of carbonyl (C=O) groups is 1. The Bertz CT molecular complexity index is 1360. The van der Waals surface area contributed by atoms with Gasteiger partial charge in [-0.1, -0.05) is 119 Å². The monoisotopic (exact) mass is 627 g/mol. The Balaban J connectivity index is 1.70. The number of likely N-dealkylation sites (tertiary alicyclic amines) is 1. The molecule has 0 radical (unpaired) electrons. The molecule has 6 heteroatoms. The van der Waals surface area contributed by atoms with Crippen LogP contribution in [0.1, 0.15) is 55.9 Å². The van der Waals surface area contributed by atoms with E-state index in [1.54, 1.807) is 4.90 Å². The number of ether oxygens (including phenoxy) is 2. The molecule has 4 atom stereocenters. The van der Waals surface area contributed by atoms with E-state index in [2.05, 4.69) is 52.3 Å². The van der Waals surface area contributed by atoms with Crippen LogP contribution in [0.3, 0.4) is 0 Å². The molecule has 218 valence electrons. The van der Waals surface area contributed by atoms with Gasteiger partial charge in [-0.3, -0.25) is 0 Å². The van der Waals surface area contributed by atoms with E-state index in [1.807, 2.05) is 107 Å². The van der Waals surface area contributed by atoms with E-state index in [0.717, 1.165) is 26.7 Å². The molecule has 5 nitrogen and oxygen atoms in total. The van der Waals surface area contributed by atoms with Gasteiger partial charge in [0.25, 0.3) is 0 Å². The van der Waals surface area contributed by atoms with Crippen LogP contribution in [0.2, 0.25) is 0 Å². The van der Waals surface area contributed by atoms with Gasteiger partial charge >= 0.3 is 6.09 Å². The van der Waals surface area contributed by atoms with Gasteiger partial charge in [0.1, 0.15) is 11.2 Å². The zero-order valence-corrected chi connectivity index (χ0v) is 26.1. The van der Waals surface area contributed by atoms with Crippen molar-refractivity contribution in [2.45, 2.75) is 63.1 Å². The van der Waals surface area contributed by atoms with Crippen LogP contribution in [-0.4, -0.2) is 46.5 Å². The Morgan fingerprint density at radius 2 is 1.24 bits per heavy atom. The first kappa shape index (κ1) is 30.0. The van der Waals surface area contributed by atoms with Crippen LogP contribution in [0.25, 0.3) is 0 Å². The smallest absolute Gasteiger partial charge is 0.410 e. The molecule has 4 unspecified atom stereocenters. The molecule has 0 aromatic heterocycles. The van der Waals surface area contributed by atoms with Crippen LogP contribution < -0.4 is 0 Å². The topological polar surface area (TPSA) is 59.0 Å². The maximum absolute atomic E-state index is 13.5. The van der Waals surface area contributed by atoms with Crippen molar-refractivity contribution in [1.82, 2.24) is 4.90 Å². The minimum Gasteiger partial charge on any atom is -0.444 e. The predicted octanol–water partition coefficient (Wildman–Crippen LogP) is 7.91. The number of nitrogens with zero attached hydrogens (tertiary/aromatic N) is 1. The highest BCUT2D eigenvalue weighted by Gasteiger charge is 2.49. The molecule has 1 heterocycles. The highest BCUT2D eigenvalue weighted by Crippen LogP contribution is 2.45. The molecule has 0 aliphatic carbocycles. The van der Waals surface area contributed by atoms with Gasteiger partial charge in [0.15, 0.2) is 0 Å². The first-order valence-corrected chi connectivity index (χ1v) is 15.2. The summed E-state index contributed by atoms with van der Waals surface area (Å²) < 4.78 is 14.2. The lowest BCUT2D eigenvalue weighted by molar-refractivity contribution is -0.130. The Morgan fingerprint density at radius 3 is 1.67 bits per heavy atom. The summed E-state index contributed by atoms with van der Waals surface area (Å²) in [4.78, 5) is 15.1. The van der Waals surface area contributed by atoms with E-state index in [0.29, 0.717) is 0 Å². The number of amides is 1. The van der Waals surface area contributed by atoms with Crippen molar-refractivity contribution >= 4 is 22.0 Å². The number of rotatable bonds is 6. The zero-order valence-electron chi connectivity index (χ0n) is 24.5. The molecule has 0 saturated carbocycles. The Labute approximate surface area is 257 Å². The second kappa shape index (κ2) is 12.4. The number of piperidine rings is 1. The minimum absolute atomic E-state index is 0.238. The lowest BCUT2D eigenvalue weighted by atomic mass is 9.77. The standard InChI is InChI=1S/C36H38BrNO4/c1-25-33(39)32(26-20-22-30(37)23-21-26)31(24-38(25)34(40)42-35(2,3)4)41-36(27-14-8-5-9-15-27,28-16-10-6-11-17-28)29-18-12-7-13-19-29/h5-23,25,31-33,39H,24H2,1-4H3. The van der Waals surface area contributed by atoms with Gasteiger partial charge in [-0.25, -0.2) is 4.79 Å². The molecule has 1 aliphatic heterocycles. The molecule has 1 saturated heterocycles. The first-order chi connectivity index (χ1) is 20.1. The second-order valence-corrected chi connectivity index (χ2v) is 12.8. The molecule has 4 aromatic carbocycles. The van der Waals surface area contributed by atoms with Gasteiger partial charge in [0.05, 0.1) is 24.8 Å². The Morgan fingerprint density at radius 1 is 0.786 bits per heavy atom. The number of aliphatic hydroxyl groups is 1. The third kappa shape index (κ3) is 6.17. The van der Waals surface area contributed by atoms with Crippen LogP contribution in [-0.2, 0) is 15.1 Å². The fraction of sp³-hybridized carbons (Fsp3) is 0.306. The van der Waals surface area contributed by atoms with E-state index < -0.39 is 41.5 Å². The van der Waals surface area contributed by atoms with Crippen LogP contribution >= 0.6 is 15.9 Å². The molecular weight excluding hydrogens is 590 g/mol. The third-order valence-electron chi connectivity index (χ3n) is 7.88. The van der Waals surface area contributed by atoms with E-state index in [1.165, 1.54) is 0 Å². The average Bonchev–Trinajstić information content (AvgIpc) is 2.99. The fourth-order valence-electron chi connectivity index (χ4n) is 5.90. The Kier molecular flexibility index (Phi) is 8.88. The first-order valence-electron chi connectivity index (χ1n) is 14.4. The molecule has 0 spiro atoms. The molecule has 1 N–H and O–H groups in total. The molecule has 5 rings (SSSR count). The van der Waals surface area contributed by atoms with Gasteiger partial charge in [-0.2, -0.15) is 0 Å². The highest BCUT2D eigenvalue weighted by molar-refractivity contribution is 9.10. The number of halogens is 1. The molecular formula is C36H38BrNO4. The van der Waals surface area contributed by atoms with Crippen molar-refractivity contribution in [2.24, 2.45) is 0 Å². The number of aliphatic hydroxyl groups excluding tert-OH is 1. The van der Waals surface area contributed by atoms with Crippen LogP contribution in [0, 0.1) is 0 Å². The van der Waals surface area contributed by atoms with Crippen LogP contribution in [0.5, 0.6) is 0 Å². The summed E-state index contributed by atoms with van der Waals surface area (Å²) in [5.74, 6) is -0.415. The fourth-order valence-corrected chi connectivity index (χ4v) is 6.16. The predicted molar refractivity (Wildman–Crippen MR) is 169 cm³/mol. The summed E-state index contributed by atoms with van der Waals surface area (Å²) in [7, 11) is 0. The summed E-state index contributed by atoms with van der Waals surface area (Å²) in [6.45, 7) is 7.65. The number of hydrogen-bond acceptors (Lipinski definition) is 4. The lowest BCUT2D eigenvalue weighted by Crippen LogP contribution is -2.60. The quantitative estimate of drug-likeness (QED) is 0.221. The number of carbonyl (C=O) groups excluding carboxylic acids is 1. The van der Waals surface area contributed by atoms with Crippen molar-refractivity contribution in [3.8, 4) is 0 Å². The second-order valence-electron chi connectivity index (χ2n) is 11.9. The minimum atomic E-state index is -1.03. The lowest BCUT2D eigenvalue weighted by Gasteiger charge is -2.49. The normalized spacial score (nSPS) is 21.1. The zero-order chi connectivity index (χ0) is 29.9.